The molecule has 0 amide bonds. The number of Topliss-reactive ketones (excluding diaryl/α,β-unsaturated/α-hetero) is 1. The van der Waals surface area contributed by atoms with Gasteiger partial charge in [0.2, 0.25) is 0 Å². The van der Waals surface area contributed by atoms with Gasteiger partial charge in [-0.2, -0.15) is 0 Å². The Balaban J connectivity index is 3.31. The molecule has 0 bridgehead atoms. The highest BCUT2D eigenvalue weighted by Gasteiger charge is 2.11. The predicted molar refractivity (Wildman–Crippen MR) is 44.3 cm³/mol. The van der Waals surface area contributed by atoms with Gasteiger partial charge >= 0.3 is 5.63 Å². The zero-order valence-corrected chi connectivity index (χ0v) is 7.09. The second kappa shape index (κ2) is 3.34. The molecule has 0 aliphatic rings. The van der Waals surface area contributed by atoms with E-state index in [1.807, 2.05) is 0 Å². The van der Waals surface area contributed by atoms with Crippen molar-refractivity contribution in [2.45, 2.75) is 20.3 Å². The molecule has 0 aliphatic carbocycles. The van der Waals surface area contributed by atoms with Crippen LogP contribution in [0.2, 0.25) is 0 Å². The van der Waals surface area contributed by atoms with Crippen LogP contribution in [-0.2, 0) is 0 Å². The van der Waals surface area contributed by atoms with E-state index in [0.717, 1.165) is 0 Å². The largest absolute Gasteiger partial charge is 0.431 e. The van der Waals surface area contributed by atoms with Gasteiger partial charge in [-0.25, -0.2) is 4.79 Å². The number of rotatable bonds is 2. The Labute approximate surface area is 70.0 Å². The highest BCUT2D eigenvalue weighted by Crippen LogP contribution is 2.04. The Morgan fingerprint density at radius 1 is 1.58 bits per heavy atom. The van der Waals surface area contributed by atoms with Crippen molar-refractivity contribution >= 4 is 5.78 Å². The Bertz CT molecular complexity index is 349. The van der Waals surface area contributed by atoms with Crippen LogP contribution in [0.25, 0.3) is 0 Å². The van der Waals surface area contributed by atoms with Crippen LogP contribution in [-0.4, -0.2) is 5.78 Å². The molecule has 12 heavy (non-hydrogen) atoms. The molecule has 0 atom stereocenters. The molecular weight excluding hydrogens is 156 g/mol. The van der Waals surface area contributed by atoms with E-state index in [1.54, 1.807) is 19.9 Å². The minimum Gasteiger partial charge on any atom is -0.431 e. The third-order valence-corrected chi connectivity index (χ3v) is 1.69. The number of hydrogen-bond donors (Lipinski definition) is 0. The van der Waals surface area contributed by atoms with Crippen molar-refractivity contribution in [3.8, 4) is 0 Å². The molecule has 0 saturated carbocycles. The summed E-state index contributed by atoms with van der Waals surface area (Å²) in [6, 6.07) is 1.62. The highest BCUT2D eigenvalue weighted by molar-refractivity contribution is 5.96. The lowest BCUT2D eigenvalue weighted by Crippen LogP contribution is -2.14. The first-order chi connectivity index (χ1) is 5.66. The van der Waals surface area contributed by atoms with Crippen LogP contribution in [0, 0.1) is 6.92 Å². The monoisotopic (exact) mass is 166 g/mol. The number of hydrogen-bond acceptors (Lipinski definition) is 3. The lowest BCUT2D eigenvalue weighted by Gasteiger charge is -1.98. The van der Waals surface area contributed by atoms with Gasteiger partial charge in [0, 0.05) is 6.42 Å². The van der Waals surface area contributed by atoms with E-state index in [4.69, 9.17) is 0 Å². The number of ketones is 1. The third-order valence-electron chi connectivity index (χ3n) is 1.69. The van der Waals surface area contributed by atoms with E-state index in [9.17, 15) is 9.59 Å². The maximum atomic E-state index is 11.2. The number of aryl methyl sites for hydroxylation is 1. The van der Waals surface area contributed by atoms with Crippen LogP contribution >= 0.6 is 0 Å². The molecule has 1 rings (SSSR count). The zero-order valence-electron chi connectivity index (χ0n) is 7.09. The lowest BCUT2D eigenvalue weighted by molar-refractivity contribution is 0.0983. The summed E-state index contributed by atoms with van der Waals surface area (Å²) < 4.78 is 4.59. The SMILES string of the molecule is CCC(=O)c1c(C)ccoc1=O. The molecule has 0 aliphatic heterocycles. The van der Waals surface area contributed by atoms with Crippen LogP contribution in [0.3, 0.4) is 0 Å². The Morgan fingerprint density at radius 3 is 2.75 bits per heavy atom. The van der Waals surface area contributed by atoms with Crippen molar-refractivity contribution in [1.82, 2.24) is 0 Å². The Kier molecular flexibility index (Phi) is 2.43. The summed E-state index contributed by atoms with van der Waals surface area (Å²) in [4.78, 5) is 22.2. The van der Waals surface area contributed by atoms with E-state index < -0.39 is 5.63 Å². The minimum atomic E-state index is -0.540. The summed E-state index contributed by atoms with van der Waals surface area (Å²) in [7, 11) is 0. The summed E-state index contributed by atoms with van der Waals surface area (Å²) in [5.41, 5.74) is 0.319. The summed E-state index contributed by atoms with van der Waals surface area (Å²) in [5.74, 6) is -0.165. The first-order valence-corrected chi connectivity index (χ1v) is 3.78. The van der Waals surface area contributed by atoms with Gasteiger partial charge < -0.3 is 4.42 Å². The maximum absolute atomic E-state index is 11.2. The van der Waals surface area contributed by atoms with Gasteiger partial charge in [-0.05, 0) is 18.6 Å². The first kappa shape index (κ1) is 8.71. The summed E-state index contributed by atoms with van der Waals surface area (Å²) >= 11 is 0. The molecule has 0 aromatic carbocycles. The topological polar surface area (TPSA) is 47.3 Å². The molecule has 0 spiro atoms. The van der Waals surface area contributed by atoms with Gasteiger partial charge in [0.25, 0.3) is 0 Å². The number of carbonyl (C=O) groups is 1. The van der Waals surface area contributed by atoms with Crippen LogP contribution in [0.5, 0.6) is 0 Å². The van der Waals surface area contributed by atoms with Crippen LogP contribution in [0.1, 0.15) is 29.3 Å². The highest BCUT2D eigenvalue weighted by atomic mass is 16.4. The fourth-order valence-corrected chi connectivity index (χ4v) is 1.01. The van der Waals surface area contributed by atoms with Crippen molar-refractivity contribution in [1.29, 1.82) is 0 Å². The van der Waals surface area contributed by atoms with Gasteiger partial charge in [0.15, 0.2) is 5.78 Å². The van der Waals surface area contributed by atoms with Crippen molar-refractivity contribution in [3.63, 3.8) is 0 Å². The average Bonchev–Trinajstić information content (AvgIpc) is 2.03. The lowest BCUT2D eigenvalue weighted by atomic mass is 10.1. The van der Waals surface area contributed by atoms with Gasteiger partial charge in [-0.3, -0.25) is 4.79 Å². The second-order valence-corrected chi connectivity index (χ2v) is 2.54. The van der Waals surface area contributed by atoms with Crippen molar-refractivity contribution in [3.05, 3.63) is 33.9 Å². The van der Waals surface area contributed by atoms with Crippen molar-refractivity contribution in [2.75, 3.05) is 0 Å². The van der Waals surface area contributed by atoms with E-state index in [-0.39, 0.29) is 11.3 Å². The van der Waals surface area contributed by atoms with E-state index in [0.29, 0.717) is 12.0 Å². The molecular formula is C9H10O3. The summed E-state index contributed by atoms with van der Waals surface area (Å²) in [5, 5.41) is 0. The Hall–Kier alpha value is -1.38. The molecule has 1 aromatic heterocycles. The second-order valence-electron chi connectivity index (χ2n) is 2.54. The predicted octanol–water partition coefficient (Wildman–Crippen LogP) is 1.54. The molecule has 0 unspecified atom stereocenters. The molecule has 0 radical (unpaired) electrons. The molecule has 0 saturated heterocycles. The smallest absolute Gasteiger partial charge is 0.346 e. The standard InChI is InChI=1S/C9H10O3/c1-3-7(10)8-6(2)4-5-12-9(8)11/h4-5H,3H2,1-2H3. The normalized spacial score (nSPS) is 9.83. The van der Waals surface area contributed by atoms with Crippen LogP contribution in [0.4, 0.5) is 0 Å². The third kappa shape index (κ3) is 1.44. The molecule has 3 heteroatoms. The molecule has 0 N–H and O–H groups in total. The molecule has 1 aromatic rings. The van der Waals surface area contributed by atoms with Gasteiger partial charge in [0.1, 0.15) is 5.56 Å². The maximum Gasteiger partial charge on any atom is 0.346 e. The summed E-state index contributed by atoms with van der Waals surface area (Å²) in [6.45, 7) is 3.44. The molecule has 64 valence electrons. The zero-order chi connectivity index (χ0) is 9.14. The van der Waals surface area contributed by atoms with Crippen LogP contribution in [0.15, 0.2) is 21.5 Å². The van der Waals surface area contributed by atoms with Crippen molar-refractivity contribution in [2.24, 2.45) is 0 Å². The fraction of sp³-hybridized carbons (Fsp3) is 0.333. The first-order valence-electron chi connectivity index (χ1n) is 3.78. The van der Waals surface area contributed by atoms with E-state index in [1.165, 1.54) is 6.26 Å². The summed E-state index contributed by atoms with van der Waals surface area (Å²) in [6.07, 6.45) is 1.62. The van der Waals surface area contributed by atoms with E-state index in [2.05, 4.69) is 4.42 Å². The molecule has 1 heterocycles. The van der Waals surface area contributed by atoms with Gasteiger partial charge in [0.05, 0.1) is 6.26 Å². The molecule has 0 fully saturated rings. The van der Waals surface area contributed by atoms with Crippen molar-refractivity contribution < 1.29 is 9.21 Å². The molecule has 3 nitrogen and oxygen atoms in total. The van der Waals surface area contributed by atoms with Crippen LogP contribution < -0.4 is 5.63 Å². The van der Waals surface area contributed by atoms with Gasteiger partial charge in [-0.1, -0.05) is 6.92 Å². The Morgan fingerprint density at radius 2 is 2.25 bits per heavy atom. The average molecular weight is 166 g/mol. The van der Waals surface area contributed by atoms with E-state index >= 15 is 0 Å². The fourth-order valence-electron chi connectivity index (χ4n) is 1.01. The number of carbonyl (C=O) groups excluding carboxylic acids is 1. The quantitative estimate of drug-likeness (QED) is 0.626. The minimum absolute atomic E-state index is 0.165. The van der Waals surface area contributed by atoms with Gasteiger partial charge in [-0.15, -0.1) is 0 Å².